The number of nitrogens with one attached hydrogen (secondary N) is 2. The summed E-state index contributed by atoms with van der Waals surface area (Å²) in [4.78, 5) is 23.5. The second-order valence-electron chi connectivity index (χ2n) is 5.41. The molecule has 3 aromatic rings. The average Bonchev–Trinajstić information content (AvgIpc) is 3.14. The van der Waals surface area contributed by atoms with E-state index in [4.69, 9.17) is 0 Å². The lowest BCUT2D eigenvalue weighted by molar-refractivity contribution is -0.254. The molecule has 0 atom stereocenters. The number of thiophene rings is 1. The molecule has 1 aromatic heterocycles. The third-order valence-electron chi connectivity index (χ3n) is 3.53. The third-order valence-corrected chi connectivity index (χ3v) is 5.97. The summed E-state index contributed by atoms with van der Waals surface area (Å²) in [7, 11) is -3.84. The first-order valence-electron chi connectivity index (χ1n) is 7.65. The summed E-state index contributed by atoms with van der Waals surface area (Å²) < 4.78 is 27.3. The van der Waals surface area contributed by atoms with Crippen molar-refractivity contribution in [1.29, 1.82) is 0 Å². The quantitative estimate of drug-likeness (QED) is 0.657. The minimum absolute atomic E-state index is 0.0605. The molecule has 0 spiro atoms. The van der Waals surface area contributed by atoms with Crippen LogP contribution in [0.3, 0.4) is 0 Å². The number of hydrogen-bond donors (Lipinski definition) is 2. The highest BCUT2D eigenvalue weighted by Gasteiger charge is 2.19. The van der Waals surface area contributed by atoms with Gasteiger partial charge in [-0.05, 0) is 24.3 Å². The van der Waals surface area contributed by atoms with Crippen molar-refractivity contribution in [2.45, 2.75) is 4.90 Å². The lowest BCUT2D eigenvalue weighted by Crippen LogP contribution is -2.24. The maximum absolute atomic E-state index is 12.4. The number of sulfonamides is 1. The summed E-state index contributed by atoms with van der Waals surface area (Å²) in [6.07, 6.45) is 0. The second-order valence-corrected chi connectivity index (χ2v) is 8.00. The van der Waals surface area contributed by atoms with E-state index < -0.39 is 21.9 Å². The number of carboxylic acids is 1. The molecular formula is C18H13N2O5S2-. The fourth-order valence-corrected chi connectivity index (χ4v) is 4.48. The van der Waals surface area contributed by atoms with Gasteiger partial charge in [0.2, 0.25) is 0 Å². The summed E-state index contributed by atoms with van der Waals surface area (Å²) in [5, 5.41) is 14.9. The molecule has 2 aromatic carbocycles. The van der Waals surface area contributed by atoms with E-state index in [1.807, 2.05) is 0 Å². The van der Waals surface area contributed by atoms with E-state index >= 15 is 0 Å². The van der Waals surface area contributed by atoms with Crippen molar-refractivity contribution in [3.05, 3.63) is 76.5 Å². The molecule has 0 unspecified atom stereocenters. The van der Waals surface area contributed by atoms with Gasteiger partial charge in [0.15, 0.2) is 0 Å². The summed E-state index contributed by atoms with van der Waals surface area (Å²) >= 11 is 0.934. The normalized spacial score (nSPS) is 11.0. The van der Waals surface area contributed by atoms with Crippen LogP contribution in [0.2, 0.25) is 0 Å². The minimum Gasteiger partial charge on any atom is -0.545 e. The van der Waals surface area contributed by atoms with Crippen LogP contribution in [-0.4, -0.2) is 20.3 Å². The Balaban J connectivity index is 1.79. The van der Waals surface area contributed by atoms with E-state index in [1.54, 1.807) is 36.4 Å². The highest BCUT2D eigenvalue weighted by atomic mass is 32.2. The smallest absolute Gasteiger partial charge is 0.265 e. The van der Waals surface area contributed by atoms with E-state index in [0.717, 1.165) is 11.3 Å². The topological polar surface area (TPSA) is 115 Å². The van der Waals surface area contributed by atoms with Crippen LogP contribution in [0.5, 0.6) is 0 Å². The number of benzene rings is 2. The predicted octanol–water partition coefficient (Wildman–Crippen LogP) is 2.16. The SMILES string of the molecule is O=C(Nc1ccccc1C(=O)[O-])c1cc(S(=O)(=O)Nc2ccccc2)cs1. The zero-order chi connectivity index (χ0) is 19.4. The van der Waals surface area contributed by atoms with Crippen molar-refractivity contribution in [1.82, 2.24) is 0 Å². The molecule has 0 aliphatic rings. The van der Waals surface area contributed by atoms with E-state index in [1.165, 1.54) is 29.6 Å². The molecule has 2 N–H and O–H groups in total. The summed E-state index contributed by atoms with van der Waals surface area (Å²) in [6.45, 7) is 0. The Morgan fingerprint density at radius 1 is 0.963 bits per heavy atom. The lowest BCUT2D eigenvalue weighted by Gasteiger charge is -2.10. The molecule has 9 heteroatoms. The van der Waals surface area contributed by atoms with Crippen molar-refractivity contribution in [3.63, 3.8) is 0 Å². The monoisotopic (exact) mass is 401 g/mol. The van der Waals surface area contributed by atoms with Crippen LogP contribution in [0.15, 0.2) is 70.9 Å². The fraction of sp³-hybridized carbons (Fsp3) is 0. The van der Waals surface area contributed by atoms with Crippen molar-refractivity contribution in [2.75, 3.05) is 10.0 Å². The molecule has 0 fully saturated rings. The van der Waals surface area contributed by atoms with Gasteiger partial charge in [0.25, 0.3) is 15.9 Å². The van der Waals surface area contributed by atoms with E-state index in [9.17, 15) is 23.1 Å². The number of amides is 1. The van der Waals surface area contributed by atoms with Gasteiger partial charge in [-0.3, -0.25) is 9.52 Å². The van der Waals surface area contributed by atoms with Crippen LogP contribution in [0.25, 0.3) is 0 Å². The lowest BCUT2D eigenvalue weighted by atomic mass is 10.2. The minimum atomic E-state index is -3.84. The molecule has 0 aliphatic carbocycles. The second kappa shape index (κ2) is 7.60. The van der Waals surface area contributed by atoms with Gasteiger partial charge in [-0.1, -0.05) is 36.4 Å². The third kappa shape index (κ3) is 4.33. The van der Waals surface area contributed by atoms with Crippen LogP contribution in [-0.2, 0) is 10.0 Å². The highest BCUT2D eigenvalue weighted by Crippen LogP contribution is 2.23. The molecule has 0 saturated heterocycles. The molecule has 27 heavy (non-hydrogen) atoms. The summed E-state index contributed by atoms with van der Waals surface area (Å²) in [5.41, 5.74) is 0.307. The Labute approximate surface area is 159 Å². The van der Waals surface area contributed by atoms with Crippen LogP contribution in [0.1, 0.15) is 20.0 Å². The molecule has 1 amide bonds. The number of para-hydroxylation sites is 2. The molecule has 7 nitrogen and oxygen atoms in total. The van der Waals surface area contributed by atoms with E-state index in [-0.39, 0.29) is 21.0 Å². The molecule has 0 bridgehead atoms. The van der Waals surface area contributed by atoms with Crippen LogP contribution >= 0.6 is 11.3 Å². The van der Waals surface area contributed by atoms with Gasteiger partial charge in [0, 0.05) is 16.6 Å². The maximum Gasteiger partial charge on any atom is 0.265 e. The first kappa shape index (κ1) is 18.6. The Hall–Kier alpha value is -3.17. The number of hydrogen-bond acceptors (Lipinski definition) is 6. The molecule has 3 rings (SSSR count). The first-order valence-corrected chi connectivity index (χ1v) is 10.0. The maximum atomic E-state index is 12.4. The van der Waals surface area contributed by atoms with Crippen molar-refractivity contribution < 1.29 is 23.1 Å². The average molecular weight is 401 g/mol. The Bertz CT molecular complexity index is 1090. The number of aromatic carboxylic acids is 1. The van der Waals surface area contributed by atoms with E-state index in [0.29, 0.717) is 5.69 Å². The van der Waals surface area contributed by atoms with Crippen LogP contribution < -0.4 is 15.1 Å². The van der Waals surface area contributed by atoms with Crippen molar-refractivity contribution in [3.8, 4) is 0 Å². The highest BCUT2D eigenvalue weighted by molar-refractivity contribution is 7.92. The molecule has 1 heterocycles. The zero-order valence-electron chi connectivity index (χ0n) is 13.7. The number of anilines is 2. The van der Waals surface area contributed by atoms with Gasteiger partial charge >= 0.3 is 0 Å². The Kier molecular flexibility index (Phi) is 5.24. The van der Waals surface area contributed by atoms with Gasteiger partial charge in [0.05, 0.1) is 21.4 Å². The largest absolute Gasteiger partial charge is 0.545 e. The Morgan fingerprint density at radius 2 is 1.63 bits per heavy atom. The van der Waals surface area contributed by atoms with Crippen molar-refractivity contribution in [2.24, 2.45) is 0 Å². The van der Waals surface area contributed by atoms with Crippen LogP contribution in [0, 0.1) is 0 Å². The van der Waals surface area contributed by atoms with Gasteiger partial charge in [-0.15, -0.1) is 11.3 Å². The molecule has 0 saturated carbocycles. The summed E-state index contributed by atoms with van der Waals surface area (Å²) in [6, 6.07) is 15.4. The number of rotatable bonds is 6. The van der Waals surface area contributed by atoms with Gasteiger partial charge in [-0.25, -0.2) is 8.42 Å². The summed E-state index contributed by atoms with van der Waals surface area (Å²) in [5.74, 6) is -2.04. The van der Waals surface area contributed by atoms with Gasteiger partial charge in [-0.2, -0.15) is 0 Å². The molecular weight excluding hydrogens is 388 g/mol. The number of carbonyl (C=O) groups excluding carboxylic acids is 2. The standard InChI is InChI=1S/C18H14N2O5S2/c21-17(19-15-9-5-4-8-14(15)18(22)23)16-10-13(11-26-16)27(24,25)20-12-6-2-1-3-7-12/h1-11,20H,(H,19,21)(H,22,23)/p-1. The molecule has 138 valence electrons. The van der Waals surface area contributed by atoms with Gasteiger partial charge in [0.1, 0.15) is 0 Å². The number of carboxylic acid groups (broad SMARTS) is 1. The fourth-order valence-electron chi connectivity index (χ4n) is 2.25. The molecule has 0 radical (unpaired) electrons. The predicted molar refractivity (Wildman–Crippen MR) is 100 cm³/mol. The van der Waals surface area contributed by atoms with Crippen molar-refractivity contribution >= 4 is 44.6 Å². The number of carbonyl (C=O) groups is 2. The first-order chi connectivity index (χ1) is 12.9. The Morgan fingerprint density at radius 3 is 2.33 bits per heavy atom. The van der Waals surface area contributed by atoms with Gasteiger partial charge < -0.3 is 15.2 Å². The molecule has 0 aliphatic heterocycles. The van der Waals surface area contributed by atoms with E-state index in [2.05, 4.69) is 10.0 Å². The van der Waals surface area contributed by atoms with Crippen LogP contribution in [0.4, 0.5) is 11.4 Å². The zero-order valence-corrected chi connectivity index (χ0v) is 15.3.